The maximum absolute atomic E-state index is 12.9. The van der Waals surface area contributed by atoms with E-state index in [4.69, 9.17) is 4.74 Å². The Morgan fingerprint density at radius 1 is 1.20 bits per heavy atom. The first-order valence-electron chi connectivity index (χ1n) is 10.1. The molecule has 0 aliphatic heterocycles. The second-order valence-electron chi connectivity index (χ2n) is 7.09. The van der Waals surface area contributed by atoms with E-state index in [-0.39, 0.29) is 12.5 Å². The minimum absolute atomic E-state index is 0.170. The van der Waals surface area contributed by atoms with Crippen molar-refractivity contribution in [3.8, 4) is 16.9 Å². The molecule has 30 heavy (non-hydrogen) atoms. The van der Waals surface area contributed by atoms with Crippen LogP contribution in [0, 0.1) is 0 Å². The highest BCUT2D eigenvalue weighted by Crippen LogP contribution is 2.41. The first-order valence-corrected chi connectivity index (χ1v) is 10.9. The van der Waals surface area contributed by atoms with E-state index in [0.717, 1.165) is 39.6 Å². The molecule has 3 aromatic rings. The Morgan fingerprint density at radius 2 is 1.90 bits per heavy atom. The summed E-state index contributed by atoms with van der Waals surface area (Å²) < 4.78 is 6.58. The van der Waals surface area contributed by atoms with Crippen LogP contribution in [0.4, 0.5) is 0 Å². The van der Waals surface area contributed by atoms with E-state index in [9.17, 15) is 9.90 Å². The van der Waals surface area contributed by atoms with Gasteiger partial charge in [-0.1, -0.05) is 60.1 Å². The number of nitrogens with zero attached hydrogens (tertiary/aromatic N) is 1. The lowest BCUT2D eigenvalue weighted by Gasteiger charge is -2.21. The average Bonchev–Trinajstić information content (AvgIpc) is 3.15. The van der Waals surface area contributed by atoms with Crippen LogP contribution in [0.5, 0.6) is 5.75 Å². The summed E-state index contributed by atoms with van der Waals surface area (Å²) in [6.45, 7) is 6.49. The van der Waals surface area contributed by atoms with Gasteiger partial charge in [0.2, 0.25) is 0 Å². The van der Waals surface area contributed by atoms with Gasteiger partial charge in [-0.25, -0.2) is 0 Å². The number of methoxy groups -OCH3 is 1. The molecule has 0 spiro atoms. The standard InChI is InChI=1S/C23H28BrN3O3/c1-4-27(5-2)14-16(28)13-25-23(29)21-22(30-3)20-18(26-21)12-11-17(24)19(20)15-9-7-6-8-10-15/h6-12,16,26,28H,4-5,13-14H2,1-3H3,(H,25,29). The Morgan fingerprint density at radius 3 is 2.53 bits per heavy atom. The van der Waals surface area contributed by atoms with Crippen LogP contribution in [-0.4, -0.2) is 60.3 Å². The fraction of sp³-hybridized carbons (Fsp3) is 0.348. The summed E-state index contributed by atoms with van der Waals surface area (Å²) in [5, 5.41) is 13.9. The Hall–Kier alpha value is -2.35. The topological polar surface area (TPSA) is 77.6 Å². The van der Waals surface area contributed by atoms with E-state index in [1.807, 2.05) is 56.3 Å². The lowest BCUT2D eigenvalue weighted by atomic mass is 10.0. The van der Waals surface area contributed by atoms with Crippen LogP contribution in [0.3, 0.4) is 0 Å². The Kier molecular flexibility index (Phi) is 7.53. The number of carbonyl (C=O) groups is 1. The number of rotatable bonds is 9. The molecule has 0 aliphatic carbocycles. The molecule has 1 heterocycles. The van der Waals surface area contributed by atoms with Gasteiger partial charge < -0.3 is 25.0 Å². The SMILES string of the molecule is CCN(CC)CC(O)CNC(=O)c1[nH]c2ccc(Br)c(-c3ccccc3)c2c1OC. The largest absolute Gasteiger partial charge is 0.494 e. The molecule has 1 atom stereocenters. The molecule has 1 aromatic heterocycles. The highest BCUT2D eigenvalue weighted by atomic mass is 79.9. The first-order chi connectivity index (χ1) is 14.5. The number of amides is 1. The van der Waals surface area contributed by atoms with Crippen LogP contribution < -0.4 is 10.1 Å². The van der Waals surface area contributed by atoms with Gasteiger partial charge in [-0.2, -0.15) is 0 Å². The number of fused-ring (bicyclic) bond motifs is 1. The molecule has 0 bridgehead atoms. The Bertz CT molecular complexity index is 1000. The number of H-pyrrole nitrogens is 1. The number of aromatic nitrogens is 1. The molecule has 3 rings (SSSR count). The van der Waals surface area contributed by atoms with Gasteiger partial charge in [0.25, 0.3) is 5.91 Å². The summed E-state index contributed by atoms with van der Waals surface area (Å²) in [5.74, 6) is 0.178. The predicted molar refractivity (Wildman–Crippen MR) is 124 cm³/mol. The van der Waals surface area contributed by atoms with Gasteiger partial charge in [0.15, 0.2) is 5.75 Å². The molecule has 7 heteroatoms. The summed E-state index contributed by atoms with van der Waals surface area (Å²) in [4.78, 5) is 18.2. The monoisotopic (exact) mass is 473 g/mol. The Balaban J connectivity index is 1.91. The number of hydrogen-bond donors (Lipinski definition) is 3. The van der Waals surface area contributed by atoms with Crippen molar-refractivity contribution in [2.24, 2.45) is 0 Å². The van der Waals surface area contributed by atoms with Gasteiger partial charge in [0.05, 0.1) is 24.1 Å². The van der Waals surface area contributed by atoms with Crippen molar-refractivity contribution in [3.63, 3.8) is 0 Å². The highest BCUT2D eigenvalue weighted by Gasteiger charge is 2.23. The van der Waals surface area contributed by atoms with Crippen molar-refractivity contribution in [3.05, 3.63) is 52.6 Å². The van der Waals surface area contributed by atoms with Crippen molar-refractivity contribution in [1.29, 1.82) is 0 Å². The van der Waals surface area contributed by atoms with Crippen LogP contribution in [0.1, 0.15) is 24.3 Å². The molecule has 0 saturated carbocycles. The number of carbonyl (C=O) groups excluding carboxylic acids is 1. The second kappa shape index (κ2) is 10.1. The minimum Gasteiger partial charge on any atom is -0.494 e. The second-order valence-corrected chi connectivity index (χ2v) is 7.95. The van der Waals surface area contributed by atoms with E-state index >= 15 is 0 Å². The number of halogens is 1. The number of hydrogen-bond acceptors (Lipinski definition) is 4. The van der Waals surface area contributed by atoms with E-state index in [0.29, 0.717) is 18.0 Å². The molecule has 0 aliphatic rings. The van der Waals surface area contributed by atoms with Crippen molar-refractivity contribution in [2.75, 3.05) is 33.3 Å². The number of benzene rings is 2. The molecule has 3 N–H and O–H groups in total. The number of aliphatic hydroxyl groups excluding tert-OH is 1. The summed E-state index contributed by atoms with van der Waals surface area (Å²) >= 11 is 3.64. The molecule has 6 nitrogen and oxygen atoms in total. The fourth-order valence-corrected chi connectivity index (χ4v) is 4.19. The normalized spacial score (nSPS) is 12.3. The maximum Gasteiger partial charge on any atom is 0.271 e. The molecule has 1 unspecified atom stereocenters. The smallest absolute Gasteiger partial charge is 0.271 e. The van der Waals surface area contributed by atoms with E-state index < -0.39 is 6.10 Å². The minimum atomic E-state index is -0.641. The van der Waals surface area contributed by atoms with Crippen LogP contribution in [-0.2, 0) is 0 Å². The van der Waals surface area contributed by atoms with E-state index in [1.165, 1.54) is 0 Å². The van der Waals surface area contributed by atoms with Crippen LogP contribution >= 0.6 is 15.9 Å². The highest BCUT2D eigenvalue weighted by molar-refractivity contribution is 9.10. The fourth-order valence-electron chi connectivity index (χ4n) is 3.63. The first kappa shape index (κ1) is 22.3. The summed E-state index contributed by atoms with van der Waals surface area (Å²) in [6, 6.07) is 13.8. The summed E-state index contributed by atoms with van der Waals surface area (Å²) in [7, 11) is 1.56. The quantitative estimate of drug-likeness (QED) is 0.438. The third-order valence-corrected chi connectivity index (χ3v) is 5.88. The van der Waals surface area contributed by atoms with Crippen molar-refractivity contribution < 1.29 is 14.6 Å². The molecule has 160 valence electrons. The van der Waals surface area contributed by atoms with Crippen LogP contribution in [0.15, 0.2) is 46.9 Å². The Labute approximate surface area is 185 Å². The van der Waals surface area contributed by atoms with Gasteiger partial charge in [-0.3, -0.25) is 4.79 Å². The molecule has 0 saturated heterocycles. The molecule has 0 radical (unpaired) electrons. The lowest BCUT2D eigenvalue weighted by Crippen LogP contribution is -2.40. The lowest BCUT2D eigenvalue weighted by molar-refractivity contribution is 0.0863. The zero-order valence-electron chi connectivity index (χ0n) is 17.5. The van der Waals surface area contributed by atoms with Gasteiger partial charge in [0.1, 0.15) is 5.69 Å². The van der Waals surface area contributed by atoms with Gasteiger partial charge in [0, 0.05) is 23.1 Å². The number of aliphatic hydroxyl groups is 1. The average molecular weight is 474 g/mol. The molecule has 1 amide bonds. The summed E-state index contributed by atoms with van der Waals surface area (Å²) in [5.41, 5.74) is 3.14. The third-order valence-electron chi connectivity index (χ3n) is 5.22. The van der Waals surface area contributed by atoms with Crippen LogP contribution in [0.25, 0.3) is 22.0 Å². The molecule has 0 fully saturated rings. The number of nitrogens with one attached hydrogen (secondary N) is 2. The van der Waals surface area contributed by atoms with E-state index in [2.05, 4.69) is 31.1 Å². The number of ether oxygens (including phenoxy) is 1. The molecular formula is C23H28BrN3O3. The van der Waals surface area contributed by atoms with Crippen LogP contribution in [0.2, 0.25) is 0 Å². The number of likely N-dealkylation sites (N-methyl/N-ethyl adjacent to an activating group) is 1. The molecular weight excluding hydrogens is 446 g/mol. The van der Waals surface area contributed by atoms with E-state index in [1.54, 1.807) is 7.11 Å². The van der Waals surface area contributed by atoms with Gasteiger partial charge in [-0.15, -0.1) is 0 Å². The van der Waals surface area contributed by atoms with Gasteiger partial charge >= 0.3 is 0 Å². The van der Waals surface area contributed by atoms with Gasteiger partial charge in [-0.05, 0) is 30.8 Å². The predicted octanol–water partition coefficient (Wildman–Crippen LogP) is 4.04. The third kappa shape index (κ3) is 4.69. The molecule has 2 aromatic carbocycles. The zero-order valence-corrected chi connectivity index (χ0v) is 19.1. The van der Waals surface area contributed by atoms with Crippen molar-refractivity contribution >= 4 is 32.7 Å². The summed E-state index contributed by atoms with van der Waals surface area (Å²) in [6.07, 6.45) is -0.641. The maximum atomic E-state index is 12.9. The van der Waals surface area contributed by atoms with Crippen molar-refractivity contribution in [1.82, 2.24) is 15.2 Å². The van der Waals surface area contributed by atoms with Crippen molar-refractivity contribution in [2.45, 2.75) is 20.0 Å². The number of aromatic amines is 1. The zero-order chi connectivity index (χ0) is 21.7.